The van der Waals surface area contributed by atoms with E-state index in [9.17, 15) is 8.78 Å². The molecule has 0 amide bonds. The number of hydrogen-bond acceptors (Lipinski definition) is 4. The van der Waals surface area contributed by atoms with E-state index in [-0.39, 0.29) is 22.7 Å². The third-order valence-electron chi connectivity index (χ3n) is 1.79. The first-order valence-corrected chi connectivity index (χ1v) is 4.43. The van der Waals surface area contributed by atoms with Gasteiger partial charge in [0.05, 0.1) is 16.9 Å². The van der Waals surface area contributed by atoms with Crippen molar-refractivity contribution in [2.45, 2.75) is 12.8 Å². The minimum atomic E-state index is -2.97. The third-order valence-corrected chi connectivity index (χ3v) is 1.79. The molecule has 0 unspecified atom stereocenters. The summed E-state index contributed by atoms with van der Waals surface area (Å²) in [7, 11) is 0. The van der Waals surface area contributed by atoms with Crippen molar-refractivity contribution in [3.05, 3.63) is 17.7 Å². The number of nitrogens with two attached hydrogens (primary N) is 2. The Kier molecular flexibility index (Phi) is 3.18. The zero-order chi connectivity index (χ0) is 12.3. The van der Waals surface area contributed by atoms with Gasteiger partial charge >= 0.3 is 0 Å². The normalized spacial score (nSPS) is 10.9. The number of nitrogens with zero attached hydrogens (tertiary/aromatic N) is 1. The average Bonchev–Trinajstić information content (AvgIpc) is 2.18. The van der Waals surface area contributed by atoms with Gasteiger partial charge in [0.15, 0.2) is 6.61 Å². The molecule has 0 aromatic heterocycles. The van der Waals surface area contributed by atoms with Gasteiger partial charge in [-0.05, 0) is 6.07 Å². The van der Waals surface area contributed by atoms with Crippen LogP contribution in [0.25, 0.3) is 0 Å². The Bertz CT molecular complexity index is 435. The minimum absolute atomic E-state index is 0.00993. The fourth-order valence-corrected chi connectivity index (χ4v) is 1.02. The number of nitriles is 1. The fourth-order valence-electron chi connectivity index (χ4n) is 1.02. The molecule has 1 rings (SSSR count). The van der Waals surface area contributed by atoms with Crippen LogP contribution < -0.4 is 16.2 Å². The minimum Gasteiger partial charge on any atom is -0.486 e. The van der Waals surface area contributed by atoms with Crippen LogP contribution in [-0.2, 0) is 0 Å². The van der Waals surface area contributed by atoms with Crippen LogP contribution in [0.5, 0.6) is 5.75 Å². The zero-order valence-corrected chi connectivity index (χ0v) is 8.63. The second kappa shape index (κ2) is 4.23. The number of rotatable bonds is 3. The highest BCUT2D eigenvalue weighted by Crippen LogP contribution is 2.27. The van der Waals surface area contributed by atoms with Gasteiger partial charge in [0.1, 0.15) is 11.8 Å². The lowest BCUT2D eigenvalue weighted by Crippen LogP contribution is -2.21. The molecule has 4 N–H and O–H groups in total. The van der Waals surface area contributed by atoms with Crippen LogP contribution in [0.3, 0.4) is 0 Å². The van der Waals surface area contributed by atoms with E-state index in [1.807, 2.05) is 0 Å². The topological polar surface area (TPSA) is 85.1 Å². The zero-order valence-electron chi connectivity index (χ0n) is 8.63. The quantitative estimate of drug-likeness (QED) is 0.770. The van der Waals surface area contributed by atoms with Gasteiger partial charge in [-0.2, -0.15) is 5.26 Å². The summed E-state index contributed by atoms with van der Waals surface area (Å²) in [4.78, 5) is 0. The smallest absolute Gasteiger partial charge is 0.278 e. The third kappa shape index (κ3) is 2.98. The molecule has 0 heterocycles. The molecule has 0 aliphatic rings. The molecule has 0 saturated carbocycles. The van der Waals surface area contributed by atoms with Crippen molar-refractivity contribution in [2.75, 3.05) is 18.1 Å². The molecule has 6 heteroatoms. The monoisotopic (exact) mass is 227 g/mol. The second-order valence-corrected chi connectivity index (χ2v) is 3.45. The lowest BCUT2D eigenvalue weighted by atomic mass is 10.1. The lowest BCUT2D eigenvalue weighted by molar-refractivity contribution is -0.0230. The number of nitrogen functional groups attached to an aromatic ring is 2. The van der Waals surface area contributed by atoms with Crippen LogP contribution in [0, 0.1) is 11.3 Å². The van der Waals surface area contributed by atoms with Gasteiger partial charge in [0.2, 0.25) is 0 Å². The van der Waals surface area contributed by atoms with Crippen molar-refractivity contribution in [2.24, 2.45) is 0 Å². The summed E-state index contributed by atoms with van der Waals surface area (Å²) in [6.07, 6.45) is 0. The van der Waals surface area contributed by atoms with Gasteiger partial charge < -0.3 is 16.2 Å². The Labute approximate surface area is 91.4 Å². The molecule has 4 nitrogen and oxygen atoms in total. The average molecular weight is 227 g/mol. The Morgan fingerprint density at radius 3 is 2.44 bits per heavy atom. The summed E-state index contributed by atoms with van der Waals surface area (Å²) in [5, 5.41) is 8.75. The summed E-state index contributed by atoms with van der Waals surface area (Å²) < 4.78 is 29.9. The molecule has 0 aliphatic carbocycles. The number of anilines is 2. The van der Waals surface area contributed by atoms with E-state index in [0.717, 1.165) is 6.92 Å². The summed E-state index contributed by atoms with van der Waals surface area (Å²) in [5.74, 6) is -2.96. The van der Waals surface area contributed by atoms with E-state index in [4.69, 9.17) is 21.5 Å². The molecule has 0 spiro atoms. The van der Waals surface area contributed by atoms with Crippen molar-refractivity contribution >= 4 is 11.4 Å². The van der Waals surface area contributed by atoms with Crippen molar-refractivity contribution < 1.29 is 13.5 Å². The Hall–Kier alpha value is -2.03. The molecule has 0 aliphatic heterocycles. The molecule has 0 saturated heterocycles. The van der Waals surface area contributed by atoms with Crippen LogP contribution in [0.4, 0.5) is 20.2 Å². The maximum absolute atomic E-state index is 12.6. The molecule has 0 fully saturated rings. The number of halogens is 2. The second-order valence-electron chi connectivity index (χ2n) is 3.45. The van der Waals surface area contributed by atoms with Gasteiger partial charge in [0.25, 0.3) is 5.92 Å². The van der Waals surface area contributed by atoms with Crippen LogP contribution in [0.15, 0.2) is 12.1 Å². The first kappa shape index (κ1) is 12.0. The van der Waals surface area contributed by atoms with Crippen LogP contribution >= 0.6 is 0 Å². The van der Waals surface area contributed by atoms with Gasteiger partial charge in [-0.15, -0.1) is 0 Å². The Morgan fingerprint density at radius 1 is 1.38 bits per heavy atom. The summed E-state index contributed by atoms with van der Waals surface area (Å²) in [6, 6.07) is 4.35. The SMILES string of the molecule is CC(F)(F)COc1cc(N)c(N)cc1C#N. The van der Waals surface area contributed by atoms with E-state index in [0.29, 0.717) is 0 Å². The summed E-state index contributed by atoms with van der Waals surface area (Å²) in [5.41, 5.74) is 11.4. The summed E-state index contributed by atoms with van der Waals surface area (Å²) in [6.45, 7) is -0.0925. The van der Waals surface area contributed by atoms with Crippen molar-refractivity contribution in [3.8, 4) is 11.8 Å². The molecular weight excluding hydrogens is 216 g/mol. The number of hydrogen-bond donors (Lipinski definition) is 2. The van der Waals surface area contributed by atoms with Crippen molar-refractivity contribution in [1.29, 1.82) is 5.26 Å². The molecule has 1 aromatic rings. The van der Waals surface area contributed by atoms with Crippen LogP contribution in [0.1, 0.15) is 12.5 Å². The lowest BCUT2D eigenvalue weighted by Gasteiger charge is -2.13. The summed E-state index contributed by atoms with van der Waals surface area (Å²) >= 11 is 0. The standard InChI is InChI=1S/C10H11F2N3O/c1-10(11,12)5-16-9-3-8(15)7(14)2-6(9)4-13/h2-3H,5,14-15H2,1H3. The van der Waals surface area contributed by atoms with Gasteiger partial charge in [0, 0.05) is 13.0 Å². The largest absolute Gasteiger partial charge is 0.486 e. The van der Waals surface area contributed by atoms with Gasteiger partial charge in [-0.25, -0.2) is 8.78 Å². The predicted molar refractivity (Wildman–Crippen MR) is 56.1 cm³/mol. The molecule has 16 heavy (non-hydrogen) atoms. The first-order valence-electron chi connectivity index (χ1n) is 4.43. The van der Waals surface area contributed by atoms with E-state index in [1.54, 1.807) is 6.07 Å². The van der Waals surface area contributed by atoms with Crippen LogP contribution in [0.2, 0.25) is 0 Å². The van der Waals surface area contributed by atoms with E-state index in [1.165, 1.54) is 12.1 Å². The molecular formula is C10H11F2N3O. The molecule has 0 bridgehead atoms. The highest BCUT2D eigenvalue weighted by molar-refractivity contribution is 5.69. The molecule has 0 radical (unpaired) electrons. The predicted octanol–water partition coefficient (Wildman–Crippen LogP) is 1.76. The van der Waals surface area contributed by atoms with E-state index in [2.05, 4.69) is 0 Å². The molecule has 0 atom stereocenters. The molecule has 86 valence electrons. The first-order chi connectivity index (χ1) is 7.33. The highest BCUT2D eigenvalue weighted by atomic mass is 19.3. The Balaban J connectivity index is 2.96. The van der Waals surface area contributed by atoms with E-state index < -0.39 is 12.5 Å². The number of ether oxygens (including phenoxy) is 1. The van der Waals surface area contributed by atoms with Gasteiger partial charge in [-0.3, -0.25) is 0 Å². The Morgan fingerprint density at radius 2 is 1.94 bits per heavy atom. The van der Waals surface area contributed by atoms with Crippen LogP contribution in [-0.4, -0.2) is 12.5 Å². The fraction of sp³-hybridized carbons (Fsp3) is 0.300. The number of benzene rings is 1. The van der Waals surface area contributed by atoms with Gasteiger partial charge in [-0.1, -0.05) is 0 Å². The highest BCUT2D eigenvalue weighted by Gasteiger charge is 2.23. The number of alkyl halides is 2. The van der Waals surface area contributed by atoms with E-state index >= 15 is 0 Å². The molecule has 1 aromatic carbocycles. The van der Waals surface area contributed by atoms with Crippen molar-refractivity contribution in [1.82, 2.24) is 0 Å². The maximum Gasteiger partial charge on any atom is 0.278 e. The maximum atomic E-state index is 12.6. The van der Waals surface area contributed by atoms with Crippen molar-refractivity contribution in [3.63, 3.8) is 0 Å².